The number of carbonyl (C=O) groups excluding carboxylic acids is 2. The summed E-state index contributed by atoms with van der Waals surface area (Å²) >= 11 is 0. The van der Waals surface area contributed by atoms with Gasteiger partial charge < -0.3 is 9.47 Å². The second kappa shape index (κ2) is 4.54. The smallest absolute Gasteiger partial charge is 0.411 e. The zero-order chi connectivity index (χ0) is 14.3. The van der Waals surface area contributed by atoms with E-state index < -0.39 is 11.1 Å². The molecule has 1 amide bonds. The minimum absolute atomic E-state index is 0.188. The number of nitrogens with zero attached hydrogens (tertiary/aromatic N) is 1. The van der Waals surface area contributed by atoms with Gasteiger partial charge in [0, 0.05) is 5.92 Å². The summed E-state index contributed by atoms with van der Waals surface area (Å²) in [6, 6.07) is 0. The first-order valence-corrected chi connectivity index (χ1v) is 6.58. The molecule has 1 heterocycles. The molecule has 5 heteroatoms. The minimum Gasteiger partial charge on any atom is -0.466 e. The van der Waals surface area contributed by atoms with Crippen LogP contribution in [0.2, 0.25) is 0 Å². The lowest BCUT2D eigenvalue weighted by Gasteiger charge is -2.41. The van der Waals surface area contributed by atoms with E-state index in [1.165, 1.54) is 0 Å². The second-order valence-electron chi connectivity index (χ2n) is 5.80. The van der Waals surface area contributed by atoms with Gasteiger partial charge in [-0.3, -0.25) is 9.69 Å². The molecular formula is C14H21NO4. The summed E-state index contributed by atoms with van der Waals surface area (Å²) < 4.78 is 10.3. The van der Waals surface area contributed by atoms with Gasteiger partial charge in [0.15, 0.2) is 0 Å². The second-order valence-corrected chi connectivity index (χ2v) is 5.80. The van der Waals surface area contributed by atoms with Crippen molar-refractivity contribution in [3.63, 3.8) is 0 Å². The monoisotopic (exact) mass is 267 g/mol. The molecule has 1 saturated heterocycles. The van der Waals surface area contributed by atoms with Gasteiger partial charge in [-0.15, -0.1) is 0 Å². The van der Waals surface area contributed by atoms with Crippen LogP contribution in [0.3, 0.4) is 0 Å². The van der Waals surface area contributed by atoms with Gasteiger partial charge in [0.05, 0.1) is 12.1 Å². The first kappa shape index (κ1) is 13.9. The summed E-state index contributed by atoms with van der Waals surface area (Å²) in [6.45, 7) is 11.0. The quantitative estimate of drug-likeness (QED) is 0.435. The lowest BCUT2D eigenvalue weighted by molar-refractivity contribution is -0.129. The van der Waals surface area contributed by atoms with Crippen molar-refractivity contribution in [1.29, 1.82) is 0 Å². The van der Waals surface area contributed by atoms with E-state index in [0.717, 1.165) is 18.4 Å². The SMILES string of the molecule is C=C(C)[C@@H]1CC[C@@]2(C)OC(=O)N(CCOC=O)[C@]12C. The highest BCUT2D eigenvalue weighted by atomic mass is 16.6. The molecule has 2 aliphatic rings. The molecule has 0 aromatic carbocycles. The molecule has 0 aromatic rings. The molecule has 1 aliphatic heterocycles. The third kappa shape index (κ3) is 1.83. The van der Waals surface area contributed by atoms with Gasteiger partial charge in [-0.2, -0.15) is 0 Å². The summed E-state index contributed by atoms with van der Waals surface area (Å²) in [5, 5.41) is 0. The zero-order valence-corrected chi connectivity index (χ0v) is 11.8. The minimum atomic E-state index is -0.491. The number of fused-ring (bicyclic) bond motifs is 1. The molecule has 0 aromatic heterocycles. The predicted octanol–water partition coefficient (Wildman–Crippen LogP) is 2.12. The van der Waals surface area contributed by atoms with Crippen molar-refractivity contribution in [2.24, 2.45) is 5.92 Å². The molecule has 19 heavy (non-hydrogen) atoms. The Bertz CT molecular complexity index is 422. The first-order chi connectivity index (χ1) is 8.87. The summed E-state index contributed by atoms with van der Waals surface area (Å²) in [4.78, 5) is 24.0. The van der Waals surface area contributed by atoms with Gasteiger partial charge in [-0.05, 0) is 33.6 Å². The Kier molecular flexibility index (Phi) is 3.32. The Balaban J connectivity index is 2.29. The predicted molar refractivity (Wildman–Crippen MR) is 69.6 cm³/mol. The number of hydrogen-bond donors (Lipinski definition) is 0. The molecule has 2 rings (SSSR count). The average Bonchev–Trinajstić information content (AvgIpc) is 2.67. The van der Waals surface area contributed by atoms with Crippen molar-refractivity contribution in [2.75, 3.05) is 13.2 Å². The van der Waals surface area contributed by atoms with Gasteiger partial charge >= 0.3 is 6.09 Å². The largest absolute Gasteiger partial charge is 0.466 e. The average molecular weight is 267 g/mol. The molecule has 0 radical (unpaired) electrons. The van der Waals surface area contributed by atoms with E-state index in [2.05, 4.69) is 6.58 Å². The molecule has 1 aliphatic carbocycles. The van der Waals surface area contributed by atoms with Crippen molar-refractivity contribution in [3.05, 3.63) is 12.2 Å². The van der Waals surface area contributed by atoms with Crippen LogP contribution >= 0.6 is 0 Å². The van der Waals surface area contributed by atoms with E-state index in [4.69, 9.17) is 9.47 Å². The number of ether oxygens (including phenoxy) is 2. The van der Waals surface area contributed by atoms with Crippen LogP contribution in [0, 0.1) is 5.92 Å². The van der Waals surface area contributed by atoms with Gasteiger partial charge in [-0.1, -0.05) is 12.2 Å². The zero-order valence-electron chi connectivity index (χ0n) is 11.8. The van der Waals surface area contributed by atoms with Crippen molar-refractivity contribution in [2.45, 2.75) is 44.8 Å². The molecule has 0 N–H and O–H groups in total. The molecular weight excluding hydrogens is 246 g/mol. The third-order valence-electron chi connectivity index (χ3n) is 4.85. The van der Waals surface area contributed by atoms with Gasteiger partial charge in [0.25, 0.3) is 6.47 Å². The van der Waals surface area contributed by atoms with Crippen LogP contribution < -0.4 is 0 Å². The number of amides is 1. The van der Waals surface area contributed by atoms with Crippen LogP contribution in [-0.2, 0) is 14.3 Å². The Morgan fingerprint density at radius 3 is 2.89 bits per heavy atom. The summed E-state index contributed by atoms with van der Waals surface area (Å²) in [5.41, 5.74) is 0.155. The van der Waals surface area contributed by atoms with Crippen molar-refractivity contribution < 1.29 is 19.1 Å². The van der Waals surface area contributed by atoms with Crippen molar-refractivity contribution in [1.82, 2.24) is 4.90 Å². The lowest BCUT2D eigenvalue weighted by atomic mass is 9.77. The fraction of sp³-hybridized carbons (Fsp3) is 0.714. The standard InChI is InChI=1S/C14H21NO4/c1-10(2)11-5-6-13(3)14(11,4)15(12(17)19-13)7-8-18-9-16/h9,11H,1,5-8H2,2-4H3/t11-,13+,14+/m0/s1. The normalized spacial score (nSPS) is 36.9. The highest BCUT2D eigenvalue weighted by Gasteiger charge is 2.66. The van der Waals surface area contributed by atoms with Crippen molar-refractivity contribution in [3.8, 4) is 0 Å². The Hall–Kier alpha value is -1.52. The molecule has 0 spiro atoms. The fourth-order valence-electron chi connectivity index (χ4n) is 3.63. The third-order valence-corrected chi connectivity index (χ3v) is 4.85. The maximum atomic E-state index is 12.1. The van der Waals surface area contributed by atoms with E-state index in [-0.39, 0.29) is 18.6 Å². The van der Waals surface area contributed by atoms with E-state index in [1.54, 1.807) is 4.90 Å². The van der Waals surface area contributed by atoms with E-state index >= 15 is 0 Å². The highest BCUT2D eigenvalue weighted by Crippen LogP contribution is 2.55. The Labute approximate surface area is 113 Å². The van der Waals surface area contributed by atoms with Gasteiger partial charge in [0.2, 0.25) is 0 Å². The lowest BCUT2D eigenvalue weighted by Crippen LogP contribution is -2.56. The molecule has 3 atom stereocenters. The number of carbonyl (C=O) groups is 2. The molecule has 0 unspecified atom stereocenters. The summed E-state index contributed by atoms with van der Waals surface area (Å²) in [5.74, 6) is 0.209. The maximum Gasteiger partial charge on any atom is 0.411 e. The van der Waals surface area contributed by atoms with E-state index in [0.29, 0.717) is 13.0 Å². The molecule has 0 bridgehead atoms. The summed E-state index contributed by atoms with van der Waals surface area (Å²) in [7, 11) is 0. The van der Waals surface area contributed by atoms with Gasteiger partial charge in [-0.25, -0.2) is 4.79 Å². The highest BCUT2D eigenvalue weighted by molar-refractivity contribution is 5.73. The van der Waals surface area contributed by atoms with Gasteiger partial charge in [0.1, 0.15) is 12.2 Å². The van der Waals surface area contributed by atoms with Crippen LogP contribution in [0.4, 0.5) is 4.79 Å². The Morgan fingerprint density at radius 1 is 1.63 bits per heavy atom. The first-order valence-electron chi connectivity index (χ1n) is 6.58. The van der Waals surface area contributed by atoms with Crippen LogP contribution in [0.15, 0.2) is 12.2 Å². The van der Waals surface area contributed by atoms with E-state index in [1.807, 2.05) is 20.8 Å². The topological polar surface area (TPSA) is 55.8 Å². The number of rotatable bonds is 5. The van der Waals surface area contributed by atoms with Crippen molar-refractivity contribution >= 4 is 12.6 Å². The molecule has 5 nitrogen and oxygen atoms in total. The van der Waals surface area contributed by atoms with Crippen LogP contribution in [0.25, 0.3) is 0 Å². The van der Waals surface area contributed by atoms with Crippen LogP contribution in [0.1, 0.15) is 33.6 Å². The molecule has 1 saturated carbocycles. The van der Waals surface area contributed by atoms with E-state index in [9.17, 15) is 9.59 Å². The van der Waals surface area contributed by atoms with Crippen LogP contribution in [0.5, 0.6) is 0 Å². The summed E-state index contributed by atoms with van der Waals surface area (Å²) in [6.07, 6.45) is 1.46. The Morgan fingerprint density at radius 2 is 2.32 bits per heavy atom. The fourth-order valence-corrected chi connectivity index (χ4v) is 3.63. The van der Waals surface area contributed by atoms with Crippen LogP contribution in [-0.4, -0.2) is 41.8 Å². The maximum absolute atomic E-state index is 12.1. The molecule has 2 fully saturated rings. The number of hydrogen-bond acceptors (Lipinski definition) is 4. The molecule has 106 valence electrons.